The zero-order valence-electron chi connectivity index (χ0n) is 15.1. The molecule has 1 N–H and O–H groups in total. The number of hydrogen-bond acceptors (Lipinski definition) is 3. The first-order valence-electron chi connectivity index (χ1n) is 8.89. The van der Waals surface area contributed by atoms with Crippen molar-refractivity contribution in [2.24, 2.45) is 0 Å². The molecule has 0 bridgehead atoms. The number of halogens is 2. The maximum absolute atomic E-state index is 9.71. The Kier molecular flexibility index (Phi) is 5.12. The minimum atomic E-state index is 0.227. The fraction of sp³-hybridized carbons (Fsp3) is 0.0870. The minimum Gasteiger partial charge on any atom is -0.508 e. The summed E-state index contributed by atoms with van der Waals surface area (Å²) >= 11 is 12.0. The predicted octanol–water partition coefficient (Wildman–Crippen LogP) is 7.21. The molecule has 0 aliphatic heterocycles. The number of benzene rings is 2. The van der Waals surface area contributed by atoms with Gasteiger partial charge < -0.3 is 9.52 Å². The lowest BCUT2D eigenvalue weighted by molar-refractivity contribution is 0.475. The number of pyridine rings is 1. The second kappa shape index (κ2) is 7.70. The average Bonchev–Trinajstić information content (AvgIpc) is 3.07. The Morgan fingerprint density at radius 3 is 2.32 bits per heavy atom. The molecule has 4 aromatic rings. The van der Waals surface area contributed by atoms with Crippen LogP contribution in [-0.2, 0) is 0 Å². The van der Waals surface area contributed by atoms with Gasteiger partial charge in [0.1, 0.15) is 16.5 Å². The summed E-state index contributed by atoms with van der Waals surface area (Å²) in [7, 11) is 0. The van der Waals surface area contributed by atoms with Gasteiger partial charge in [0.25, 0.3) is 0 Å². The van der Waals surface area contributed by atoms with E-state index in [1.165, 1.54) is 0 Å². The molecule has 0 aliphatic rings. The van der Waals surface area contributed by atoms with Gasteiger partial charge in [-0.3, -0.25) is 0 Å². The molecule has 2 aromatic heterocycles. The molecule has 0 unspecified atom stereocenters. The second-order valence-electron chi connectivity index (χ2n) is 6.43. The third-order valence-electron chi connectivity index (χ3n) is 4.66. The van der Waals surface area contributed by atoms with E-state index < -0.39 is 0 Å². The Balaban J connectivity index is 1.97. The number of rotatable bonds is 4. The largest absolute Gasteiger partial charge is 0.508 e. The molecule has 0 saturated carbocycles. The molecule has 0 amide bonds. The van der Waals surface area contributed by atoms with Crippen molar-refractivity contribution in [3.8, 4) is 5.75 Å². The first-order chi connectivity index (χ1) is 13.5. The van der Waals surface area contributed by atoms with Gasteiger partial charge in [0.05, 0.1) is 0 Å². The van der Waals surface area contributed by atoms with E-state index in [2.05, 4.69) is 18.0 Å². The van der Waals surface area contributed by atoms with Crippen LogP contribution in [0.2, 0.25) is 10.4 Å². The van der Waals surface area contributed by atoms with E-state index in [4.69, 9.17) is 27.6 Å². The summed E-state index contributed by atoms with van der Waals surface area (Å²) in [6, 6.07) is 18.8. The van der Waals surface area contributed by atoms with Gasteiger partial charge in [0, 0.05) is 23.2 Å². The van der Waals surface area contributed by atoms with E-state index >= 15 is 0 Å². The van der Waals surface area contributed by atoms with Crippen LogP contribution >= 0.6 is 23.2 Å². The van der Waals surface area contributed by atoms with E-state index in [-0.39, 0.29) is 5.75 Å². The minimum absolute atomic E-state index is 0.227. The van der Waals surface area contributed by atoms with Crippen LogP contribution in [0.25, 0.3) is 22.1 Å². The molecule has 0 atom stereocenters. The van der Waals surface area contributed by atoms with Crippen LogP contribution in [0.15, 0.2) is 71.3 Å². The SMILES string of the molecule is CC/C(=C(/c1ccc(O)cc1)c1ccc(Cl)nc1)c1ccc2oc(Cl)cc2c1. The number of phenols is 1. The highest BCUT2D eigenvalue weighted by molar-refractivity contribution is 6.30. The standard InChI is InChI=1S/C23H17Cl2NO2/c1-2-19(15-5-9-20-17(11-15)12-22(25)28-20)23(14-3-7-18(27)8-4-14)16-6-10-21(24)26-13-16/h3-13,27H,2H2,1H3/b23-19+. The topological polar surface area (TPSA) is 46.3 Å². The highest BCUT2D eigenvalue weighted by Crippen LogP contribution is 2.36. The average molecular weight is 410 g/mol. The lowest BCUT2D eigenvalue weighted by Crippen LogP contribution is -1.96. The third-order valence-corrected chi connectivity index (χ3v) is 5.07. The van der Waals surface area contributed by atoms with Gasteiger partial charge in [0.15, 0.2) is 5.22 Å². The van der Waals surface area contributed by atoms with Crippen LogP contribution in [0.4, 0.5) is 0 Å². The molecular formula is C23H17Cl2NO2. The molecule has 28 heavy (non-hydrogen) atoms. The summed E-state index contributed by atoms with van der Waals surface area (Å²) in [6.45, 7) is 2.12. The number of aromatic hydroxyl groups is 1. The Hall–Kier alpha value is -2.75. The summed E-state index contributed by atoms with van der Waals surface area (Å²) < 4.78 is 5.49. The molecule has 2 aromatic carbocycles. The van der Waals surface area contributed by atoms with Crippen molar-refractivity contribution < 1.29 is 9.52 Å². The van der Waals surface area contributed by atoms with Gasteiger partial charge in [-0.15, -0.1) is 0 Å². The smallest absolute Gasteiger partial charge is 0.194 e. The van der Waals surface area contributed by atoms with Crippen molar-refractivity contribution in [1.29, 1.82) is 0 Å². The summed E-state index contributed by atoms with van der Waals surface area (Å²) in [5.41, 5.74) is 5.96. The summed E-state index contributed by atoms with van der Waals surface area (Å²) in [4.78, 5) is 4.26. The molecule has 0 saturated heterocycles. The molecule has 5 heteroatoms. The highest BCUT2D eigenvalue weighted by Gasteiger charge is 2.15. The van der Waals surface area contributed by atoms with E-state index in [0.29, 0.717) is 10.4 Å². The van der Waals surface area contributed by atoms with E-state index in [1.807, 2.05) is 36.4 Å². The first kappa shape index (κ1) is 18.6. The molecule has 3 nitrogen and oxygen atoms in total. The van der Waals surface area contributed by atoms with Gasteiger partial charge in [-0.1, -0.05) is 36.7 Å². The number of allylic oxidation sites excluding steroid dienone is 1. The zero-order valence-corrected chi connectivity index (χ0v) is 16.6. The fourth-order valence-corrected chi connectivity index (χ4v) is 3.70. The number of fused-ring (bicyclic) bond motifs is 1. The number of aromatic nitrogens is 1. The van der Waals surface area contributed by atoms with Crippen molar-refractivity contribution in [2.75, 3.05) is 0 Å². The molecule has 0 radical (unpaired) electrons. The number of hydrogen-bond donors (Lipinski definition) is 1. The maximum Gasteiger partial charge on any atom is 0.194 e. The lowest BCUT2D eigenvalue weighted by Gasteiger charge is -2.16. The number of furan rings is 1. The maximum atomic E-state index is 9.71. The zero-order chi connectivity index (χ0) is 19.7. The van der Waals surface area contributed by atoms with E-state index in [9.17, 15) is 5.11 Å². The lowest BCUT2D eigenvalue weighted by atomic mass is 9.88. The van der Waals surface area contributed by atoms with Gasteiger partial charge in [-0.25, -0.2) is 4.98 Å². The van der Waals surface area contributed by atoms with Crippen molar-refractivity contribution in [3.63, 3.8) is 0 Å². The molecule has 2 heterocycles. The Morgan fingerprint density at radius 2 is 1.64 bits per heavy atom. The van der Waals surface area contributed by atoms with Crippen molar-refractivity contribution in [1.82, 2.24) is 4.98 Å². The Morgan fingerprint density at radius 1 is 0.929 bits per heavy atom. The Bertz CT molecular complexity index is 1110. The number of phenolic OH excluding ortho intramolecular Hbond substituents is 1. The van der Waals surface area contributed by atoms with Gasteiger partial charge >= 0.3 is 0 Å². The normalized spacial score (nSPS) is 12.2. The van der Waals surface area contributed by atoms with Gasteiger partial charge in [-0.2, -0.15) is 0 Å². The van der Waals surface area contributed by atoms with Gasteiger partial charge in [-0.05, 0) is 76.7 Å². The molecular weight excluding hydrogens is 393 g/mol. The second-order valence-corrected chi connectivity index (χ2v) is 7.19. The van der Waals surface area contributed by atoms with Crippen LogP contribution in [0.5, 0.6) is 5.75 Å². The van der Waals surface area contributed by atoms with Crippen molar-refractivity contribution in [3.05, 3.63) is 93.9 Å². The highest BCUT2D eigenvalue weighted by atomic mass is 35.5. The van der Waals surface area contributed by atoms with Crippen LogP contribution in [0, 0.1) is 0 Å². The Labute approximate surface area is 172 Å². The monoisotopic (exact) mass is 409 g/mol. The molecule has 0 aliphatic carbocycles. The van der Waals surface area contributed by atoms with Crippen LogP contribution in [-0.4, -0.2) is 10.1 Å². The summed E-state index contributed by atoms with van der Waals surface area (Å²) in [6.07, 6.45) is 2.57. The molecule has 0 fully saturated rings. The van der Waals surface area contributed by atoms with Crippen LogP contribution in [0.3, 0.4) is 0 Å². The van der Waals surface area contributed by atoms with E-state index in [1.54, 1.807) is 24.4 Å². The summed E-state index contributed by atoms with van der Waals surface area (Å²) in [5, 5.41) is 11.5. The van der Waals surface area contributed by atoms with Crippen LogP contribution < -0.4 is 0 Å². The van der Waals surface area contributed by atoms with Gasteiger partial charge in [0.2, 0.25) is 0 Å². The predicted molar refractivity (Wildman–Crippen MR) is 115 cm³/mol. The quantitative estimate of drug-likeness (QED) is 0.286. The fourth-order valence-electron chi connectivity index (χ4n) is 3.39. The van der Waals surface area contributed by atoms with Crippen molar-refractivity contribution in [2.45, 2.75) is 13.3 Å². The van der Waals surface area contributed by atoms with E-state index in [0.717, 1.165) is 45.2 Å². The number of nitrogens with zero attached hydrogens (tertiary/aromatic N) is 1. The van der Waals surface area contributed by atoms with Crippen molar-refractivity contribution >= 4 is 45.3 Å². The third kappa shape index (κ3) is 3.64. The summed E-state index contributed by atoms with van der Waals surface area (Å²) in [5.74, 6) is 0.227. The molecule has 140 valence electrons. The van der Waals surface area contributed by atoms with Crippen LogP contribution in [0.1, 0.15) is 30.0 Å². The molecule has 0 spiro atoms. The first-order valence-corrected chi connectivity index (χ1v) is 9.64. The molecule has 4 rings (SSSR count).